The molecule has 44 heavy (non-hydrogen) atoms. The minimum absolute atomic E-state index is 0.164. The molecule has 0 bridgehead atoms. The Morgan fingerprint density at radius 2 is 1.66 bits per heavy atom. The number of benzene rings is 2. The van der Waals surface area contributed by atoms with Gasteiger partial charge in [-0.3, -0.25) is 19.6 Å². The number of carbonyl (C=O) groups excluding carboxylic acids is 2. The van der Waals surface area contributed by atoms with Crippen LogP contribution in [0.2, 0.25) is 0 Å². The Labute approximate surface area is 254 Å². The summed E-state index contributed by atoms with van der Waals surface area (Å²) in [6, 6.07) is 15.5. The van der Waals surface area contributed by atoms with E-state index in [-0.39, 0.29) is 23.2 Å². The number of imide groups is 1. The van der Waals surface area contributed by atoms with Gasteiger partial charge in [-0.1, -0.05) is 24.3 Å². The summed E-state index contributed by atoms with van der Waals surface area (Å²) in [6.07, 6.45) is 5.54. The topological polar surface area (TPSA) is 129 Å². The first-order chi connectivity index (χ1) is 21.2. The van der Waals surface area contributed by atoms with E-state index in [1.165, 1.54) is 29.3 Å². The first kappa shape index (κ1) is 28.9. The molecule has 3 amide bonds. The maximum Gasteiger partial charge on any atom is 0.338 e. The molecule has 2 aromatic carbocycles. The summed E-state index contributed by atoms with van der Waals surface area (Å²) in [6.45, 7) is 5.68. The fraction of sp³-hybridized carbons (Fsp3) is 0.273. The Balaban J connectivity index is 1.33. The van der Waals surface area contributed by atoms with Crippen molar-refractivity contribution in [2.45, 2.75) is 38.8 Å². The number of aryl methyl sites for hydroxylation is 2. The highest BCUT2D eigenvalue weighted by Crippen LogP contribution is 2.44. The van der Waals surface area contributed by atoms with Crippen LogP contribution in [0.1, 0.15) is 40.0 Å². The maximum absolute atomic E-state index is 14.4. The lowest BCUT2D eigenvalue weighted by Crippen LogP contribution is -2.57. The fourth-order valence-corrected chi connectivity index (χ4v) is 6.13. The molecule has 11 heteroatoms. The predicted octanol–water partition coefficient (Wildman–Crippen LogP) is 4.87. The van der Waals surface area contributed by atoms with Gasteiger partial charge in [0.2, 0.25) is 5.82 Å². The molecule has 0 saturated carbocycles. The van der Waals surface area contributed by atoms with Gasteiger partial charge < -0.3 is 9.84 Å². The second-order valence-corrected chi connectivity index (χ2v) is 11.1. The van der Waals surface area contributed by atoms with Crippen molar-refractivity contribution in [1.29, 1.82) is 0 Å². The maximum atomic E-state index is 14.4. The van der Waals surface area contributed by atoms with Crippen LogP contribution in [0.5, 0.6) is 5.88 Å². The quantitative estimate of drug-likeness (QED) is 0.299. The Hall–Kier alpha value is -5.16. The lowest BCUT2D eigenvalue weighted by atomic mass is 9.85. The van der Waals surface area contributed by atoms with Crippen LogP contribution >= 0.6 is 0 Å². The van der Waals surface area contributed by atoms with Gasteiger partial charge in [0.25, 0.3) is 11.8 Å². The zero-order chi connectivity index (χ0) is 31.0. The van der Waals surface area contributed by atoms with Crippen molar-refractivity contribution in [2.75, 3.05) is 30.0 Å². The number of nitrogens with zero attached hydrogens (tertiary/aromatic N) is 6. The number of carboxylic acids is 1. The van der Waals surface area contributed by atoms with Crippen molar-refractivity contribution in [1.82, 2.24) is 19.9 Å². The molecule has 2 aliphatic rings. The van der Waals surface area contributed by atoms with Gasteiger partial charge in [0.05, 0.1) is 24.1 Å². The summed E-state index contributed by atoms with van der Waals surface area (Å²) < 4.78 is 5.48. The molecule has 2 aromatic heterocycles. The number of pyridine rings is 1. The van der Waals surface area contributed by atoms with Crippen molar-refractivity contribution >= 4 is 29.4 Å². The molecule has 224 valence electrons. The molecule has 1 N–H and O–H groups in total. The number of rotatable bonds is 7. The third-order valence-electron chi connectivity index (χ3n) is 8.55. The highest BCUT2D eigenvalue weighted by molar-refractivity contribution is 6.30. The second-order valence-electron chi connectivity index (χ2n) is 11.1. The zero-order valence-electron chi connectivity index (χ0n) is 24.7. The highest BCUT2D eigenvalue weighted by atomic mass is 16.5. The molecule has 2 fully saturated rings. The second kappa shape index (κ2) is 11.5. The number of aromatic carboxylic acids is 1. The average molecular weight is 593 g/mol. The minimum Gasteiger partial charge on any atom is -0.478 e. The first-order valence-corrected chi connectivity index (χ1v) is 14.3. The molecule has 11 nitrogen and oxygen atoms in total. The van der Waals surface area contributed by atoms with Gasteiger partial charge in [0.1, 0.15) is 5.54 Å². The number of hydrogen-bond acceptors (Lipinski definition) is 8. The molecule has 2 aliphatic heterocycles. The number of carbonyl (C=O) groups is 3. The minimum atomic E-state index is -1.17. The third kappa shape index (κ3) is 4.94. The number of ether oxygens (including phenoxy) is 1. The molecule has 6 rings (SSSR count). The summed E-state index contributed by atoms with van der Waals surface area (Å²) in [5.41, 5.74) is 4.06. The van der Waals surface area contributed by atoms with E-state index >= 15 is 0 Å². The van der Waals surface area contributed by atoms with Crippen LogP contribution in [0.15, 0.2) is 73.2 Å². The van der Waals surface area contributed by atoms with Gasteiger partial charge in [0, 0.05) is 38.2 Å². The Morgan fingerprint density at radius 3 is 2.32 bits per heavy atom. The van der Waals surface area contributed by atoms with Gasteiger partial charge in [0.15, 0.2) is 0 Å². The molecule has 0 radical (unpaired) electrons. The molecule has 0 atom stereocenters. The summed E-state index contributed by atoms with van der Waals surface area (Å²) >= 11 is 0. The molecule has 2 saturated heterocycles. The smallest absolute Gasteiger partial charge is 0.338 e. The van der Waals surface area contributed by atoms with E-state index in [9.17, 15) is 19.5 Å². The van der Waals surface area contributed by atoms with Crippen molar-refractivity contribution < 1.29 is 24.2 Å². The lowest BCUT2D eigenvalue weighted by Gasteiger charge is -2.41. The summed E-state index contributed by atoms with van der Waals surface area (Å²) in [5, 5.41) is 9.32. The molecule has 0 unspecified atom stereocenters. The van der Waals surface area contributed by atoms with Crippen LogP contribution in [-0.2, 0) is 11.3 Å². The average Bonchev–Trinajstić information content (AvgIpc) is 3.24. The lowest BCUT2D eigenvalue weighted by molar-refractivity contribution is -0.123. The van der Waals surface area contributed by atoms with Crippen LogP contribution in [0.3, 0.4) is 0 Å². The summed E-state index contributed by atoms with van der Waals surface area (Å²) in [4.78, 5) is 58.2. The standard InChI is InChI=1S/C33H32N6O5/c1-21-5-4-14-34-27(21)20-37-17-12-33(13-18-37)31(42)38(32(43)39(33)28-29(44-3)36-16-15-35-28)25-9-6-23(7-10-25)26-11-8-24(30(40)41)19-22(26)2/h4-11,14-16,19H,12-13,17-18,20H2,1-3H3,(H,40,41). The van der Waals surface area contributed by atoms with E-state index in [4.69, 9.17) is 4.74 Å². The van der Waals surface area contributed by atoms with E-state index in [1.807, 2.05) is 38.1 Å². The van der Waals surface area contributed by atoms with E-state index < -0.39 is 17.5 Å². The van der Waals surface area contributed by atoms with Crippen LogP contribution in [0.4, 0.5) is 16.3 Å². The molecular formula is C33H32N6O5. The number of likely N-dealkylation sites (tertiary alicyclic amines) is 1. The summed E-state index contributed by atoms with van der Waals surface area (Å²) in [7, 11) is 1.46. The van der Waals surface area contributed by atoms with Gasteiger partial charge in [-0.05, 0) is 79.3 Å². The van der Waals surface area contributed by atoms with Gasteiger partial charge in [-0.2, -0.15) is 0 Å². The summed E-state index contributed by atoms with van der Waals surface area (Å²) in [5.74, 6) is -0.941. The first-order valence-electron chi connectivity index (χ1n) is 14.3. The van der Waals surface area contributed by atoms with Crippen LogP contribution < -0.4 is 14.5 Å². The number of amides is 3. The number of hydrogen-bond donors (Lipinski definition) is 1. The monoisotopic (exact) mass is 592 g/mol. The molecule has 1 spiro atoms. The Morgan fingerprint density at radius 1 is 0.932 bits per heavy atom. The normalized spacial score (nSPS) is 16.5. The number of anilines is 2. The molecule has 0 aliphatic carbocycles. The third-order valence-corrected chi connectivity index (χ3v) is 8.55. The molecule has 4 heterocycles. The molecular weight excluding hydrogens is 560 g/mol. The van der Waals surface area contributed by atoms with Gasteiger partial charge in [-0.15, -0.1) is 0 Å². The van der Waals surface area contributed by atoms with E-state index in [0.717, 1.165) is 27.9 Å². The van der Waals surface area contributed by atoms with E-state index in [2.05, 4.69) is 19.9 Å². The predicted molar refractivity (Wildman–Crippen MR) is 164 cm³/mol. The zero-order valence-corrected chi connectivity index (χ0v) is 24.7. The van der Waals surface area contributed by atoms with Crippen molar-refractivity contribution in [3.05, 3.63) is 95.6 Å². The SMILES string of the molecule is COc1nccnc1N1C(=O)N(c2ccc(-c3ccc(C(=O)O)cc3C)cc2)C(=O)C12CCN(Cc1ncccc1C)CC2. The van der Waals surface area contributed by atoms with Gasteiger partial charge >= 0.3 is 12.0 Å². The van der Waals surface area contributed by atoms with Crippen molar-refractivity contribution in [2.24, 2.45) is 0 Å². The number of aromatic nitrogens is 3. The largest absolute Gasteiger partial charge is 0.478 e. The number of piperidine rings is 1. The fourth-order valence-electron chi connectivity index (χ4n) is 6.13. The highest BCUT2D eigenvalue weighted by Gasteiger charge is 2.60. The Bertz CT molecular complexity index is 1750. The number of urea groups is 1. The van der Waals surface area contributed by atoms with Gasteiger partial charge in [-0.25, -0.2) is 24.5 Å². The van der Waals surface area contributed by atoms with E-state index in [0.29, 0.717) is 38.2 Å². The van der Waals surface area contributed by atoms with Crippen molar-refractivity contribution in [3.63, 3.8) is 0 Å². The van der Waals surface area contributed by atoms with Crippen molar-refractivity contribution in [3.8, 4) is 17.0 Å². The molecule has 4 aromatic rings. The number of methoxy groups -OCH3 is 1. The van der Waals surface area contributed by atoms with Crippen LogP contribution in [0.25, 0.3) is 11.1 Å². The van der Waals surface area contributed by atoms with Crippen LogP contribution in [0, 0.1) is 13.8 Å². The Kier molecular flexibility index (Phi) is 7.56. The van der Waals surface area contributed by atoms with Crippen LogP contribution in [-0.4, -0.2) is 68.6 Å². The van der Waals surface area contributed by atoms with E-state index in [1.54, 1.807) is 36.5 Å². The number of carboxylic acid groups (broad SMARTS) is 1.